The molecule has 1 atom stereocenters. The van der Waals surface area contributed by atoms with Crippen LogP contribution in [0.15, 0.2) is 24.3 Å². The molecule has 11 heteroatoms. The normalized spacial score (nSPS) is 14.4. The van der Waals surface area contributed by atoms with Crippen molar-refractivity contribution in [3.63, 3.8) is 0 Å². The Morgan fingerprint density at radius 1 is 1.23 bits per heavy atom. The zero-order chi connectivity index (χ0) is 22.3. The van der Waals surface area contributed by atoms with E-state index in [2.05, 4.69) is 15.4 Å². The van der Waals surface area contributed by atoms with Crippen LogP contribution in [0.25, 0.3) is 11.0 Å². The van der Waals surface area contributed by atoms with Crippen LogP contribution in [0.4, 0.5) is 18.9 Å². The van der Waals surface area contributed by atoms with E-state index in [9.17, 15) is 18.0 Å². The quantitative estimate of drug-likeness (QED) is 0.674. The fourth-order valence-corrected chi connectivity index (χ4v) is 3.31. The highest BCUT2D eigenvalue weighted by molar-refractivity contribution is 5.94. The molecule has 0 bridgehead atoms. The maximum atomic E-state index is 13.6. The van der Waals surface area contributed by atoms with Crippen LogP contribution in [-0.4, -0.2) is 40.0 Å². The monoisotopic (exact) mass is 436 g/mol. The van der Waals surface area contributed by atoms with Gasteiger partial charge in [0.15, 0.2) is 23.3 Å². The van der Waals surface area contributed by atoms with Gasteiger partial charge in [0, 0.05) is 24.9 Å². The van der Waals surface area contributed by atoms with Crippen LogP contribution in [0.3, 0.4) is 0 Å². The minimum absolute atomic E-state index is 0.0155. The first-order valence-corrected chi connectivity index (χ1v) is 9.42. The number of nitrogens with one attached hydrogen (secondary N) is 1. The summed E-state index contributed by atoms with van der Waals surface area (Å²) >= 11 is 0. The lowest BCUT2D eigenvalue weighted by Gasteiger charge is -2.20. The van der Waals surface area contributed by atoms with Crippen molar-refractivity contribution in [3.8, 4) is 17.4 Å². The first-order valence-electron chi connectivity index (χ1n) is 9.42. The Hall–Kier alpha value is -3.50. The zero-order valence-corrected chi connectivity index (χ0v) is 16.9. The number of nitrogens with zero attached hydrogens (tertiary/aromatic N) is 3. The maximum Gasteiger partial charge on any atom is 0.417 e. The third-order valence-electron chi connectivity index (χ3n) is 4.73. The van der Waals surface area contributed by atoms with Gasteiger partial charge in [-0.1, -0.05) is 0 Å². The molecule has 0 saturated heterocycles. The summed E-state index contributed by atoms with van der Waals surface area (Å²) in [6, 6.07) is 5.67. The van der Waals surface area contributed by atoms with E-state index in [1.165, 1.54) is 25.6 Å². The SMILES string of the molecule is Cc1nn(C)c2nc(O[C@H](C)C(=O)Nc3ccc4c(c3)OCCO4)cc(C(F)(F)F)c12. The number of pyridine rings is 1. The number of alkyl halides is 3. The van der Waals surface area contributed by atoms with Gasteiger partial charge in [0.2, 0.25) is 5.88 Å². The summed E-state index contributed by atoms with van der Waals surface area (Å²) in [6.07, 6.45) is -5.75. The molecule has 0 unspecified atom stereocenters. The van der Waals surface area contributed by atoms with Gasteiger partial charge in [0.1, 0.15) is 13.2 Å². The van der Waals surface area contributed by atoms with Crippen molar-refractivity contribution in [3.05, 3.63) is 35.5 Å². The lowest BCUT2D eigenvalue weighted by molar-refractivity contribution is -0.136. The van der Waals surface area contributed by atoms with E-state index in [0.29, 0.717) is 30.4 Å². The van der Waals surface area contributed by atoms with E-state index >= 15 is 0 Å². The molecule has 2 aromatic heterocycles. The van der Waals surface area contributed by atoms with Gasteiger partial charge >= 0.3 is 6.18 Å². The number of fused-ring (bicyclic) bond motifs is 2. The van der Waals surface area contributed by atoms with E-state index in [-0.39, 0.29) is 22.6 Å². The molecule has 0 aliphatic carbocycles. The molecule has 4 rings (SSSR count). The Morgan fingerprint density at radius 3 is 2.65 bits per heavy atom. The zero-order valence-electron chi connectivity index (χ0n) is 16.9. The highest BCUT2D eigenvalue weighted by atomic mass is 19.4. The van der Waals surface area contributed by atoms with Gasteiger partial charge in [-0.3, -0.25) is 9.48 Å². The topological polar surface area (TPSA) is 87.5 Å². The number of halogens is 3. The second kappa shape index (κ2) is 7.64. The fraction of sp³-hybridized carbons (Fsp3) is 0.350. The average molecular weight is 436 g/mol. The summed E-state index contributed by atoms with van der Waals surface area (Å²) in [5.41, 5.74) is -0.265. The fourth-order valence-electron chi connectivity index (χ4n) is 3.31. The van der Waals surface area contributed by atoms with Crippen molar-refractivity contribution >= 4 is 22.6 Å². The number of aromatic nitrogens is 3. The Morgan fingerprint density at radius 2 is 1.94 bits per heavy atom. The first kappa shape index (κ1) is 20.8. The molecule has 3 aromatic rings. The Labute approximate surface area is 174 Å². The number of rotatable bonds is 4. The summed E-state index contributed by atoms with van der Waals surface area (Å²) in [4.78, 5) is 16.6. The maximum absolute atomic E-state index is 13.6. The summed E-state index contributed by atoms with van der Waals surface area (Å²) in [7, 11) is 1.49. The summed E-state index contributed by atoms with van der Waals surface area (Å²) < 4.78 is 58.3. The molecule has 1 aliphatic heterocycles. The summed E-state index contributed by atoms with van der Waals surface area (Å²) in [5.74, 6) is 0.171. The van der Waals surface area contributed by atoms with E-state index in [1.54, 1.807) is 18.2 Å². The van der Waals surface area contributed by atoms with Crippen LogP contribution >= 0.6 is 0 Å². The summed E-state index contributed by atoms with van der Waals surface area (Å²) in [5, 5.41) is 6.55. The summed E-state index contributed by atoms with van der Waals surface area (Å²) in [6.45, 7) is 3.73. The number of hydrogen-bond donors (Lipinski definition) is 1. The van der Waals surface area contributed by atoms with Crippen LogP contribution in [0.5, 0.6) is 17.4 Å². The first-order chi connectivity index (χ1) is 14.6. The van der Waals surface area contributed by atoms with E-state index in [0.717, 1.165) is 6.07 Å². The highest BCUT2D eigenvalue weighted by Crippen LogP contribution is 2.38. The van der Waals surface area contributed by atoms with Crippen LogP contribution in [-0.2, 0) is 18.0 Å². The second-order valence-corrected chi connectivity index (χ2v) is 7.02. The molecule has 3 heterocycles. The molecule has 1 aromatic carbocycles. The van der Waals surface area contributed by atoms with Crippen molar-refractivity contribution in [2.75, 3.05) is 18.5 Å². The molecule has 1 N–H and O–H groups in total. The van der Waals surface area contributed by atoms with Crippen LogP contribution in [0, 0.1) is 6.92 Å². The predicted molar refractivity (Wildman–Crippen MR) is 104 cm³/mol. The molecule has 164 valence electrons. The Bertz CT molecular complexity index is 1160. The van der Waals surface area contributed by atoms with Crippen molar-refractivity contribution in [2.45, 2.75) is 26.1 Å². The van der Waals surface area contributed by atoms with Crippen LogP contribution < -0.4 is 19.5 Å². The Kier molecular flexibility index (Phi) is 5.11. The molecule has 31 heavy (non-hydrogen) atoms. The van der Waals surface area contributed by atoms with E-state index in [1.807, 2.05) is 0 Å². The molecule has 0 spiro atoms. The number of aryl methyl sites for hydroxylation is 2. The van der Waals surface area contributed by atoms with Gasteiger partial charge < -0.3 is 19.5 Å². The number of hydrogen-bond acceptors (Lipinski definition) is 6. The number of anilines is 1. The third-order valence-corrected chi connectivity index (χ3v) is 4.73. The predicted octanol–water partition coefficient (Wildman–Crippen LogP) is 3.47. The van der Waals surface area contributed by atoms with Gasteiger partial charge in [-0.25, -0.2) is 0 Å². The lowest BCUT2D eigenvalue weighted by Crippen LogP contribution is -2.30. The van der Waals surface area contributed by atoms with Gasteiger partial charge in [0.05, 0.1) is 16.6 Å². The number of ether oxygens (including phenoxy) is 3. The van der Waals surface area contributed by atoms with E-state index in [4.69, 9.17) is 14.2 Å². The smallest absolute Gasteiger partial charge is 0.417 e. The van der Waals surface area contributed by atoms with Crippen molar-refractivity contribution < 1.29 is 32.2 Å². The molecule has 0 fully saturated rings. The van der Waals surface area contributed by atoms with Crippen molar-refractivity contribution in [1.29, 1.82) is 0 Å². The number of benzene rings is 1. The average Bonchev–Trinajstić information content (AvgIpc) is 3.00. The molecule has 0 radical (unpaired) electrons. The van der Waals surface area contributed by atoms with Crippen molar-refractivity contribution in [1.82, 2.24) is 14.8 Å². The third kappa shape index (κ3) is 4.07. The molecule has 1 aliphatic rings. The molecular formula is C20H19F3N4O4. The van der Waals surface area contributed by atoms with Crippen molar-refractivity contribution in [2.24, 2.45) is 7.05 Å². The molecule has 1 amide bonds. The van der Waals surface area contributed by atoms with Gasteiger partial charge in [-0.2, -0.15) is 23.3 Å². The van der Waals surface area contributed by atoms with Crippen LogP contribution in [0.2, 0.25) is 0 Å². The Balaban J connectivity index is 1.56. The largest absolute Gasteiger partial charge is 0.486 e. The minimum Gasteiger partial charge on any atom is -0.486 e. The molecule has 0 saturated carbocycles. The van der Waals surface area contributed by atoms with Gasteiger partial charge in [0.25, 0.3) is 5.91 Å². The molecule has 8 nitrogen and oxygen atoms in total. The number of carbonyl (C=O) groups is 1. The van der Waals surface area contributed by atoms with Gasteiger partial charge in [-0.05, 0) is 26.0 Å². The standard InChI is InChI=1S/C20H19F3N4O4/c1-10-17-13(20(21,22)23)9-16(25-18(17)27(3)26-10)31-11(2)19(28)24-12-4-5-14-15(8-12)30-7-6-29-14/h4-5,8-9,11H,6-7H2,1-3H3,(H,24,28)/t11-/m1/s1. The van der Waals surface area contributed by atoms with Crippen LogP contribution in [0.1, 0.15) is 18.2 Å². The minimum atomic E-state index is -4.64. The number of carbonyl (C=O) groups excluding carboxylic acids is 1. The van der Waals surface area contributed by atoms with Gasteiger partial charge in [-0.15, -0.1) is 0 Å². The molecular weight excluding hydrogens is 417 g/mol. The highest BCUT2D eigenvalue weighted by Gasteiger charge is 2.36. The lowest BCUT2D eigenvalue weighted by atomic mass is 10.1. The van der Waals surface area contributed by atoms with E-state index < -0.39 is 23.8 Å². The second-order valence-electron chi connectivity index (χ2n) is 7.02. The number of amides is 1.